The first-order valence-corrected chi connectivity index (χ1v) is 6.79. The Morgan fingerprint density at radius 3 is 2.55 bits per heavy atom. The number of halogens is 2. The van der Waals surface area contributed by atoms with Gasteiger partial charge in [0.05, 0.1) is 17.5 Å². The van der Waals surface area contributed by atoms with Crippen molar-refractivity contribution in [3.63, 3.8) is 0 Å². The van der Waals surface area contributed by atoms with Gasteiger partial charge in [0.2, 0.25) is 0 Å². The summed E-state index contributed by atoms with van der Waals surface area (Å²) in [6.07, 6.45) is 1.74. The average Bonchev–Trinajstić information content (AvgIpc) is 2.80. The van der Waals surface area contributed by atoms with Gasteiger partial charge in [-0.25, -0.2) is 9.67 Å². The lowest BCUT2D eigenvalue weighted by molar-refractivity contribution is 0.0940. The number of fused-ring (bicyclic) bond motifs is 1. The molecule has 1 amide bonds. The second kappa shape index (κ2) is 8.31. The summed E-state index contributed by atoms with van der Waals surface area (Å²) in [4.78, 5) is 16.7. The number of carbonyl (C=O) groups is 1. The average molecular weight is 348 g/mol. The van der Waals surface area contributed by atoms with Crippen molar-refractivity contribution in [2.24, 2.45) is 5.73 Å². The van der Waals surface area contributed by atoms with Crippen LogP contribution < -0.4 is 11.1 Å². The maximum Gasteiger partial charge on any atom is 0.253 e. The van der Waals surface area contributed by atoms with Crippen molar-refractivity contribution in [1.29, 1.82) is 0 Å². The molecule has 2 aromatic heterocycles. The van der Waals surface area contributed by atoms with E-state index < -0.39 is 0 Å². The van der Waals surface area contributed by atoms with Crippen molar-refractivity contribution in [2.45, 2.75) is 39.8 Å². The zero-order valence-corrected chi connectivity index (χ0v) is 14.8. The molecule has 2 heterocycles. The highest BCUT2D eigenvalue weighted by atomic mass is 35.5. The molecule has 6 nitrogen and oxygen atoms in total. The molecule has 0 bridgehead atoms. The van der Waals surface area contributed by atoms with Gasteiger partial charge in [-0.3, -0.25) is 4.79 Å². The van der Waals surface area contributed by atoms with E-state index in [0.717, 1.165) is 11.0 Å². The number of aryl methyl sites for hydroxylation is 1. The minimum Gasteiger partial charge on any atom is -0.348 e. The number of hydrogen-bond donors (Lipinski definition) is 2. The second-order valence-corrected chi connectivity index (χ2v) is 5.33. The highest BCUT2D eigenvalue weighted by Crippen LogP contribution is 2.19. The summed E-state index contributed by atoms with van der Waals surface area (Å²) < 4.78 is 1.85. The molecule has 0 aliphatic rings. The molecular weight excluding hydrogens is 325 g/mol. The monoisotopic (exact) mass is 347 g/mol. The molecule has 3 N–H and O–H groups in total. The summed E-state index contributed by atoms with van der Waals surface area (Å²) in [6.45, 7) is 8.21. The van der Waals surface area contributed by atoms with Crippen LogP contribution in [-0.2, 0) is 0 Å². The smallest absolute Gasteiger partial charge is 0.253 e. The lowest BCUT2D eigenvalue weighted by Gasteiger charge is -2.13. The third-order valence-electron chi connectivity index (χ3n) is 3.22. The molecule has 8 heteroatoms. The van der Waals surface area contributed by atoms with E-state index in [1.807, 2.05) is 38.4 Å². The molecule has 1 atom stereocenters. The van der Waals surface area contributed by atoms with E-state index in [1.165, 1.54) is 0 Å². The first kappa shape index (κ1) is 20.6. The number of nitrogens with one attached hydrogen (secondary N) is 1. The lowest BCUT2D eigenvalue weighted by Crippen LogP contribution is -2.38. The van der Waals surface area contributed by atoms with Crippen LogP contribution in [0.5, 0.6) is 0 Å². The lowest BCUT2D eigenvalue weighted by atomic mass is 10.1. The van der Waals surface area contributed by atoms with Crippen molar-refractivity contribution >= 4 is 41.8 Å². The molecule has 22 heavy (non-hydrogen) atoms. The van der Waals surface area contributed by atoms with Crippen molar-refractivity contribution < 1.29 is 4.79 Å². The Balaban J connectivity index is 0.00000220. The Morgan fingerprint density at radius 2 is 2.00 bits per heavy atom. The van der Waals surface area contributed by atoms with E-state index in [2.05, 4.69) is 15.4 Å². The topological polar surface area (TPSA) is 85.8 Å². The maximum atomic E-state index is 12.2. The molecule has 0 saturated heterocycles. The molecule has 2 aromatic rings. The first-order valence-electron chi connectivity index (χ1n) is 6.79. The standard InChI is InChI=1S/C14H21N5O.2ClH/c1-8(2)19-13-11(7-16-19)5-12(10(4)18-13)14(20)17-9(3)6-15;;/h5,7-9H,6,15H2,1-4H3,(H,17,20);2*1H/t9-;;/m0../s1. The fraction of sp³-hybridized carbons (Fsp3) is 0.500. The van der Waals surface area contributed by atoms with Crippen LogP contribution in [0.1, 0.15) is 42.9 Å². The molecular formula is C14H23Cl2N5O. The number of pyridine rings is 1. The second-order valence-electron chi connectivity index (χ2n) is 5.33. The third-order valence-corrected chi connectivity index (χ3v) is 3.22. The van der Waals surface area contributed by atoms with Crippen LogP contribution in [0.4, 0.5) is 0 Å². The molecule has 0 aliphatic carbocycles. The Kier molecular flexibility index (Phi) is 7.79. The third kappa shape index (κ3) is 4.09. The van der Waals surface area contributed by atoms with Gasteiger partial charge in [0.25, 0.3) is 5.91 Å². The van der Waals surface area contributed by atoms with E-state index in [1.54, 1.807) is 6.20 Å². The molecule has 0 aliphatic heterocycles. The van der Waals surface area contributed by atoms with Crippen molar-refractivity contribution in [2.75, 3.05) is 6.54 Å². The summed E-state index contributed by atoms with van der Waals surface area (Å²) in [5.41, 5.74) is 7.59. The largest absolute Gasteiger partial charge is 0.348 e. The van der Waals surface area contributed by atoms with Crippen LogP contribution >= 0.6 is 24.8 Å². The molecule has 0 aromatic carbocycles. The fourth-order valence-electron chi connectivity index (χ4n) is 2.03. The van der Waals surface area contributed by atoms with Crippen molar-refractivity contribution in [3.8, 4) is 0 Å². The zero-order chi connectivity index (χ0) is 14.9. The van der Waals surface area contributed by atoms with Gasteiger partial charge in [-0.2, -0.15) is 5.10 Å². The summed E-state index contributed by atoms with van der Waals surface area (Å²) in [5.74, 6) is -0.146. The van der Waals surface area contributed by atoms with Crippen molar-refractivity contribution in [3.05, 3.63) is 23.5 Å². The van der Waals surface area contributed by atoms with E-state index in [0.29, 0.717) is 17.8 Å². The number of nitrogens with zero attached hydrogens (tertiary/aromatic N) is 3. The van der Waals surface area contributed by atoms with Crippen LogP contribution in [0.25, 0.3) is 11.0 Å². The maximum absolute atomic E-state index is 12.2. The van der Waals surface area contributed by atoms with Gasteiger partial charge in [-0.15, -0.1) is 24.8 Å². The van der Waals surface area contributed by atoms with Gasteiger partial charge in [-0.1, -0.05) is 0 Å². The van der Waals surface area contributed by atoms with Gasteiger partial charge in [0, 0.05) is 24.0 Å². The van der Waals surface area contributed by atoms with Crippen LogP contribution in [0.3, 0.4) is 0 Å². The van der Waals surface area contributed by atoms with Gasteiger partial charge >= 0.3 is 0 Å². The quantitative estimate of drug-likeness (QED) is 0.887. The normalized spacial score (nSPS) is 11.7. The number of rotatable bonds is 4. The molecule has 0 saturated carbocycles. The number of carbonyl (C=O) groups excluding carboxylic acids is 1. The Bertz CT molecular complexity index is 641. The molecule has 0 radical (unpaired) electrons. The number of hydrogen-bond acceptors (Lipinski definition) is 4. The molecule has 124 valence electrons. The Morgan fingerprint density at radius 1 is 1.36 bits per heavy atom. The van der Waals surface area contributed by atoms with E-state index >= 15 is 0 Å². The fourth-order valence-corrected chi connectivity index (χ4v) is 2.03. The Labute approximate surface area is 142 Å². The van der Waals surface area contributed by atoms with Gasteiger partial charge in [0.1, 0.15) is 0 Å². The van der Waals surface area contributed by atoms with Gasteiger partial charge < -0.3 is 11.1 Å². The van der Waals surface area contributed by atoms with Gasteiger partial charge in [-0.05, 0) is 33.8 Å². The summed E-state index contributed by atoms with van der Waals surface area (Å²) >= 11 is 0. The predicted octanol–water partition coefficient (Wildman–Crippen LogP) is 2.24. The number of amides is 1. The van der Waals surface area contributed by atoms with Crippen LogP contribution in [-0.4, -0.2) is 33.3 Å². The van der Waals surface area contributed by atoms with Crippen LogP contribution in [0, 0.1) is 6.92 Å². The van der Waals surface area contributed by atoms with E-state index in [-0.39, 0.29) is 42.8 Å². The minimum absolute atomic E-state index is 0. The summed E-state index contributed by atoms with van der Waals surface area (Å²) in [5, 5.41) is 8.04. The first-order chi connectivity index (χ1) is 9.43. The highest BCUT2D eigenvalue weighted by molar-refractivity contribution is 5.98. The number of aromatic nitrogens is 3. The highest BCUT2D eigenvalue weighted by Gasteiger charge is 2.16. The molecule has 0 spiro atoms. The zero-order valence-electron chi connectivity index (χ0n) is 13.2. The van der Waals surface area contributed by atoms with Crippen LogP contribution in [0.15, 0.2) is 12.3 Å². The van der Waals surface area contributed by atoms with Gasteiger partial charge in [0.15, 0.2) is 5.65 Å². The molecule has 2 rings (SSSR count). The molecule has 0 unspecified atom stereocenters. The molecule has 0 fully saturated rings. The van der Waals surface area contributed by atoms with Crippen molar-refractivity contribution in [1.82, 2.24) is 20.1 Å². The minimum atomic E-state index is -0.146. The summed E-state index contributed by atoms with van der Waals surface area (Å²) in [7, 11) is 0. The SMILES string of the molecule is Cc1nc2c(cnn2C(C)C)cc1C(=O)N[C@@H](C)CN.Cl.Cl. The number of nitrogens with two attached hydrogens (primary N) is 1. The summed E-state index contributed by atoms with van der Waals surface area (Å²) in [6, 6.07) is 2.01. The van der Waals surface area contributed by atoms with E-state index in [4.69, 9.17) is 5.73 Å². The van der Waals surface area contributed by atoms with E-state index in [9.17, 15) is 4.79 Å². The predicted molar refractivity (Wildman–Crippen MR) is 93.1 cm³/mol. The van der Waals surface area contributed by atoms with Crippen LogP contribution in [0.2, 0.25) is 0 Å². The Hall–Kier alpha value is -1.37.